The Morgan fingerprint density at radius 2 is 1.62 bits per heavy atom. The molecule has 0 bridgehead atoms. The largest absolute Gasteiger partial charge is 0.447 e. The number of aromatic nitrogens is 3. The van der Waals surface area contributed by atoms with Gasteiger partial charge in [0.25, 0.3) is 12.3 Å². The van der Waals surface area contributed by atoms with Gasteiger partial charge in [0.05, 0.1) is 16.8 Å². The zero-order valence-corrected chi connectivity index (χ0v) is 30.7. The number of amides is 2. The van der Waals surface area contributed by atoms with Crippen molar-refractivity contribution in [1.82, 2.24) is 30.3 Å². The maximum atomic E-state index is 14.9. The minimum Gasteiger partial charge on any atom is -0.447 e. The summed E-state index contributed by atoms with van der Waals surface area (Å²) in [6.45, 7) is 1.85. The van der Waals surface area contributed by atoms with Gasteiger partial charge in [-0.25, -0.2) is 23.2 Å². The first-order valence-corrected chi connectivity index (χ1v) is 17.5. The fourth-order valence-corrected chi connectivity index (χ4v) is 6.90. The second-order valence-electron chi connectivity index (χ2n) is 14.6. The fourth-order valence-electron chi connectivity index (χ4n) is 6.70. The molecule has 4 aromatic rings. The highest BCUT2D eigenvalue weighted by molar-refractivity contribution is 6.32. The Labute approximate surface area is 320 Å². The van der Waals surface area contributed by atoms with E-state index in [1.54, 1.807) is 36.4 Å². The van der Waals surface area contributed by atoms with Gasteiger partial charge in [0.15, 0.2) is 11.8 Å². The number of alkyl halides is 7. The summed E-state index contributed by atoms with van der Waals surface area (Å²) < 4.78 is 105. The molecule has 56 heavy (non-hydrogen) atoms. The Balaban J connectivity index is 1.38. The minimum absolute atomic E-state index is 0.0316. The van der Waals surface area contributed by atoms with Crippen molar-refractivity contribution in [2.75, 3.05) is 6.61 Å². The first kappa shape index (κ1) is 40.3. The number of hydrogen-bond acceptors (Lipinski definition) is 7. The summed E-state index contributed by atoms with van der Waals surface area (Å²) in [5.74, 6) is -1.93. The van der Waals surface area contributed by atoms with Gasteiger partial charge < -0.3 is 20.1 Å². The minimum atomic E-state index is -4.75. The number of carbonyl (C=O) groups excluding carboxylic acids is 2. The van der Waals surface area contributed by atoms with Crippen LogP contribution in [0.1, 0.15) is 69.5 Å². The normalized spacial score (nSPS) is 18.6. The predicted octanol–water partition coefficient (Wildman–Crippen LogP) is 8.69. The zero-order chi connectivity index (χ0) is 40.8. The van der Waals surface area contributed by atoms with Crippen LogP contribution in [0.4, 0.5) is 35.5 Å². The quantitative estimate of drug-likeness (QED) is 0.122. The Hall–Kier alpha value is -5.39. The molecule has 2 amide bonds. The highest BCUT2D eigenvalue weighted by Gasteiger charge is 2.64. The Kier molecular flexibility index (Phi) is 10.7. The predicted molar refractivity (Wildman–Crippen MR) is 189 cm³/mol. The summed E-state index contributed by atoms with van der Waals surface area (Å²) in [6.07, 6.45) is -8.95. The molecule has 1 saturated carbocycles. The number of benzene rings is 3. The molecule has 11 nitrogen and oxygen atoms in total. The molecule has 298 valence electrons. The van der Waals surface area contributed by atoms with Gasteiger partial charge in [-0.1, -0.05) is 74.8 Å². The highest BCUT2D eigenvalue weighted by Crippen LogP contribution is 2.49. The van der Waals surface area contributed by atoms with Crippen LogP contribution in [0.15, 0.2) is 73.1 Å². The third kappa shape index (κ3) is 8.10. The van der Waals surface area contributed by atoms with Gasteiger partial charge in [-0.2, -0.15) is 27.1 Å². The zero-order valence-electron chi connectivity index (χ0n) is 29.9. The van der Waals surface area contributed by atoms with Crippen molar-refractivity contribution in [3.8, 4) is 22.6 Å². The summed E-state index contributed by atoms with van der Waals surface area (Å²) in [5.41, 5.74) is -2.89. The van der Waals surface area contributed by atoms with E-state index in [4.69, 9.17) is 21.7 Å². The lowest BCUT2D eigenvalue weighted by Gasteiger charge is -2.35. The molecule has 6 rings (SSSR count). The van der Waals surface area contributed by atoms with Crippen LogP contribution in [0.25, 0.3) is 16.8 Å². The van der Waals surface area contributed by atoms with Gasteiger partial charge in [0.1, 0.15) is 29.8 Å². The Morgan fingerprint density at radius 3 is 2.18 bits per heavy atom. The number of guanidine groups is 1. The molecule has 2 heterocycles. The summed E-state index contributed by atoms with van der Waals surface area (Å²) in [7, 11) is 0. The van der Waals surface area contributed by atoms with Crippen LogP contribution >= 0.6 is 11.6 Å². The van der Waals surface area contributed by atoms with Crippen LogP contribution in [0.2, 0.25) is 5.02 Å². The van der Waals surface area contributed by atoms with Gasteiger partial charge >= 0.3 is 18.9 Å². The number of nitrogens with one attached hydrogen (secondary N) is 3. The molecule has 1 saturated heterocycles. The lowest BCUT2D eigenvalue weighted by Crippen LogP contribution is -2.49. The van der Waals surface area contributed by atoms with Gasteiger partial charge in [-0.3, -0.25) is 15.1 Å². The third-order valence-corrected chi connectivity index (χ3v) is 9.73. The van der Waals surface area contributed by atoms with Crippen molar-refractivity contribution in [1.29, 1.82) is 5.41 Å². The van der Waals surface area contributed by atoms with Crippen molar-refractivity contribution in [3.05, 3.63) is 95.0 Å². The van der Waals surface area contributed by atoms with E-state index in [1.807, 2.05) is 26.1 Å². The van der Waals surface area contributed by atoms with E-state index < -0.39 is 72.1 Å². The van der Waals surface area contributed by atoms with Crippen molar-refractivity contribution >= 4 is 29.6 Å². The maximum Gasteiger partial charge on any atom is 0.411 e. The monoisotopic (exact) mass is 809 g/mol. The first-order chi connectivity index (χ1) is 26.2. The molecule has 19 heteroatoms. The fraction of sp³-hybridized carbons (Fsp3) is 0.378. The molecular weight excluding hydrogens is 775 g/mol. The molecule has 3 aromatic carbocycles. The number of ether oxygens (including phenoxy) is 2. The standard InChI is InChI=1S/C37H35ClF7N7O4/c1-34(2,3)18-36(23-9-4-20(5-10-23)21-6-11-24(12-7-21)56-31(41)42)30(53)51(32(46)49-36)27(17-55-33(54)50-35(14-15-35)37(43,44)45)22-8-13-25(38)26(16-22)52-29(28(39)40)47-19-48-52/h4-13,16,19,27-28,31H,14-15,17-18H2,1-3H3,(H2,46,49)(H,50,54)/t27-,36-/m1/s1. The molecule has 2 atom stereocenters. The van der Waals surface area contributed by atoms with Crippen molar-refractivity contribution < 1.29 is 49.8 Å². The second-order valence-corrected chi connectivity index (χ2v) is 15.0. The molecule has 1 aliphatic heterocycles. The van der Waals surface area contributed by atoms with Crippen LogP contribution in [0.5, 0.6) is 5.75 Å². The molecule has 0 radical (unpaired) electrons. The topological polar surface area (TPSA) is 134 Å². The molecule has 1 aromatic heterocycles. The molecule has 0 unspecified atom stereocenters. The molecule has 0 spiro atoms. The van der Waals surface area contributed by atoms with Gasteiger partial charge in [-0.05, 0) is 71.2 Å². The molecular formula is C37H35ClF7N7O4. The van der Waals surface area contributed by atoms with E-state index in [9.17, 15) is 40.3 Å². The van der Waals surface area contributed by atoms with E-state index in [2.05, 4.69) is 20.1 Å². The van der Waals surface area contributed by atoms with Gasteiger partial charge in [0, 0.05) is 0 Å². The first-order valence-electron chi connectivity index (χ1n) is 17.1. The SMILES string of the molecule is CC(C)(C)C[C@]1(c2ccc(-c3ccc(OC(F)F)cc3)cc2)NC(=N)N([C@H](COC(=O)NC2(C(F)(F)F)CC2)c2ccc(Cl)c(-n3ncnc3C(F)F)c2)C1=O. The van der Waals surface area contributed by atoms with E-state index in [1.165, 1.54) is 30.3 Å². The molecule has 3 N–H and O–H groups in total. The maximum absolute atomic E-state index is 14.9. The number of halogens is 8. The Morgan fingerprint density at radius 1 is 1.00 bits per heavy atom. The van der Waals surface area contributed by atoms with E-state index in [-0.39, 0.29) is 41.3 Å². The number of rotatable bonds is 12. The number of alkyl carbamates (subject to hydrolysis) is 1. The summed E-state index contributed by atoms with van der Waals surface area (Å²) >= 11 is 6.41. The van der Waals surface area contributed by atoms with Crippen LogP contribution in [-0.2, 0) is 15.1 Å². The lowest BCUT2D eigenvalue weighted by molar-refractivity contribution is -0.164. The van der Waals surface area contributed by atoms with Crippen molar-refractivity contribution in [2.24, 2.45) is 5.41 Å². The second kappa shape index (κ2) is 14.9. The van der Waals surface area contributed by atoms with Crippen molar-refractivity contribution in [2.45, 2.75) is 76.4 Å². The lowest BCUT2D eigenvalue weighted by atomic mass is 9.75. The smallest absolute Gasteiger partial charge is 0.411 e. The van der Waals surface area contributed by atoms with Crippen LogP contribution < -0.4 is 15.4 Å². The van der Waals surface area contributed by atoms with Gasteiger partial charge in [-0.15, -0.1) is 0 Å². The van der Waals surface area contributed by atoms with Crippen LogP contribution in [0.3, 0.4) is 0 Å². The van der Waals surface area contributed by atoms with E-state index in [0.29, 0.717) is 16.7 Å². The van der Waals surface area contributed by atoms with Crippen molar-refractivity contribution in [3.63, 3.8) is 0 Å². The average molecular weight is 810 g/mol. The molecule has 2 fully saturated rings. The third-order valence-electron chi connectivity index (χ3n) is 9.41. The number of hydrogen-bond donors (Lipinski definition) is 3. The highest BCUT2D eigenvalue weighted by atomic mass is 35.5. The number of nitrogens with zero attached hydrogens (tertiary/aromatic N) is 4. The van der Waals surface area contributed by atoms with Gasteiger partial charge in [0.2, 0.25) is 0 Å². The van der Waals surface area contributed by atoms with E-state index in [0.717, 1.165) is 15.9 Å². The number of carbonyl (C=O) groups is 2. The molecule has 1 aliphatic carbocycles. The molecule has 2 aliphatic rings. The van der Waals surface area contributed by atoms with Crippen LogP contribution in [-0.4, -0.2) is 62.6 Å². The Bertz CT molecular complexity index is 2100. The van der Waals surface area contributed by atoms with Crippen LogP contribution in [0, 0.1) is 10.8 Å². The van der Waals surface area contributed by atoms with E-state index >= 15 is 0 Å². The summed E-state index contributed by atoms with van der Waals surface area (Å²) in [4.78, 5) is 32.4. The average Bonchev–Trinajstić information content (AvgIpc) is 3.66. The summed E-state index contributed by atoms with van der Waals surface area (Å²) in [5, 5.41) is 17.8. The summed E-state index contributed by atoms with van der Waals surface area (Å²) in [6, 6.07) is 15.2.